The molecule has 30 heavy (non-hydrogen) atoms. The standard InChI is InChI=1S/C26H28O4/c1-3-25(29,4-2)22-13-12-21(17-8-6-5-7-9-17)23-24(22)26(23,30)20-11-10-18(15-27)19(14-20)16-28/h5-14,27-30H,3-4,15-16H2,1-2H3. The number of rotatable bonds is 7. The molecule has 0 spiro atoms. The van der Waals surface area contributed by atoms with Crippen molar-refractivity contribution in [3.63, 3.8) is 0 Å². The zero-order valence-electron chi connectivity index (χ0n) is 17.4. The minimum absolute atomic E-state index is 0.173. The van der Waals surface area contributed by atoms with E-state index < -0.39 is 11.2 Å². The van der Waals surface area contributed by atoms with Gasteiger partial charge in [0, 0.05) is 11.1 Å². The summed E-state index contributed by atoms with van der Waals surface area (Å²) >= 11 is 0. The molecule has 0 bridgehead atoms. The molecular weight excluding hydrogens is 376 g/mol. The molecule has 156 valence electrons. The van der Waals surface area contributed by atoms with Crippen LogP contribution in [0.25, 0.3) is 11.1 Å². The Hall–Kier alpha value is -2.50. The lowest BCUT2D eigenvalue weighted by Crippen LogP contribution is -2.25. The van der Waals surface area contributed by atoms with E-state index in [0.29, 0.717) is 29.5 Å². The Bertz CT molecular complexity index is 1070. The monoisotopic (exact) mass is 404 g/mol. The van der Waals surface area contributed by atoms with Gasteiger partial charge in [0.1, 0.15) is 5.60 Å². The van der Waals surface area contributed by atoms with Gasteiger partial charge in [-0.2, -0.15) is 0 Å². The number of hydrogen-bond acceptors (Lipinski definition) is 4. The summed E-state index contributed by atoms with van der Waals surface area (Å²) < 4.78 is 0. The van der Waals surface area contributed by atoms with Crippen molar-refractivity contribution in [3.8, 4) is 11.1 Å². The quantitative estimate of drug-likeness (QED) is 0.481. The molecule has 4 nitrogen and oxygen atoms in total. The summed E-state index contributed by atoms with van der Waals surface area (Å²) in [4.78, 5) is 0. The SMILES string of the molecule is CCC(O)(CC)c1ccc(-c2ccccc2)c2c1C2(O)c1ccc(CO)c(CO)c1. The van der Waals surface area contributed by atoms with Crippen LogP contribution in [0, 0.1) is 0 Å². The Labute approximate surface area is 177 Å². The molecule has 4 heteroatoms. The fourth-order valence-corrected chi connectivity index (χ4v) is 4.58. The van der Waals surface area contributed by atoms with E-state index in [4.69, 9.17) is 0 Å². The summed E-state index contributed by atoms with van der Waals surface area (Å²) in [6, 6.07) is 19.1. The van der Waals surface area contributed by atoms with Gasteiger partial charge < -0.3 is 20.4 Å². The van der Waals surface area contributed by atoms with Gasteiger partial charge in [-0.25, -0.2) is 0 Å². The summed E-state index contributed by atoms with van der Waals surface area (Å²) in [5.74, 6) is 0. The number of fused-ring (bicyclic) bond motifs is 1. The number of hydrogen-bond donors (Lipinski definition) is 4. The third-order valence-corrected chi connectivity index (χ3v) is 6.59. The molecular formula is C26H28O4. The molecule has 0 heterocycles. The fourth-order valence-electron chi connectivity index (χ4n) is 4.58. The highest BCUT2D eigenvalue weighted by molar-refractivity contribution is 5.83. The molecule has 0 saturated heterocycles. The van der Waals surface area contributed by atoms with Gasteiger partial charge in [0.2, 0.25) is 0 Å². The lowest BCUT2D eigenvalue weighted by Gasteiger charge is -2.26. The summed E-state index contributed by atoms with van der Waals surface area (Å²) in [6.07, 6.45) is 1.09. The van der Waals surface area contributed by atoms with Gasteiger partial charge in [0.15, 0.2) is 0 Å². The van der Waals surface area contributed by atoms with E-state index >= 15 is 0 Å². The molecule has 1 atom stereocenters. The van der Waals surface area contributed by atoms with Crippen LogP contribution in [0.15, 0.2) is 60.7 Å². The average Bonchev–Trinajstić information content (AvgIpc) is 3.44. The number of aliphatic hydroxyl groups excluding tert-OH is 2. The molecule has 1 unspecified atom stereocenters. The molecule has 1 aliphatic carbocycles. The van der Waals surface area contributed by atoms with E-state index in [1.807, 2.05) is 56.3 Å². The molecule has 0 aromatic heterocycles. The highest BCUT2D eigenvalue weighted by Crippen LogP contribution is 2.60. The summed E-state index contributed by atoms with van der Waals surface area (Å²) in [5.41, 5.74) is 3.74. The van der Waals surface area contributed by atoms with Crippen molar-refractivity contribution in [1.82, 2.24) is 0 Å². The van der Waals surface area contributed by atoms with Crippen molar-refractivity contribution >= 4 is 0 Å². The van der Waals surface area contributed by atoms with Crippen LogP contribution < -0.4 is 0 Å². The molecule has 0 fully saturated rings. The van der Waals surface area contributed by atoms with E-state index in [9.17, 15) is 20.4 Å². The first-order chi connectivity index (χ1) is 14.4. The molecule has 1 aliphatic rings. The normalized spacial score (nSPS) is 17.7. The third-order valence-electron chi connectivity index (χ3n) is 6.59. The maximum Gasteiger partial charge on any atom is 0.142 e. The van der Waals surface area contributed by atoms with Gasteiger partial charge in [-0.15, -0.1) is 0 Å². The highest BCUT2D eigenvalue weighted by atomic mass is 16.3. The average molecular weight is 405 g/mol. The lowest BCUT2D eigenvalue weighted by molar-refractivity contribution is 0.0264. The Morgan fingerprint density at radius 2 is 1.47 bits per heavy atom. The summed E-state index contributed by atoms with van der Waals surface area (Å²) in [5, 5.41) is 42.4. The van der Waals surface area contributed by atoms with Gasteiger partial charge in [-0.1, -0.05) is 68.4 Å². The van der Waals surface area contributed by atoms with Gasteiger partial charge >= 0.3 is 0 Å². The minimum atomic E-state index is -1.33. The first kappa shape index (κ1) is 20.8. The topological polar surface area (TPSA) is 80.9 Å². The van der Waals surface area contributed by atoms with E-state index in [-0.39, 0.29) is 13.2 Å². The Morgan fingerprint density at radius 1 is 0.800 bits per heavy atom. The van der Waals surface area contributed by atoms with E-state index in [1.54, 1.807) is 18.2 Å². The van der Waals surface area contributed by atoms with Crippen LogP contribution in [0.4, 0.5) is 0 Å². The van der Waals surface area contributed by atoms with Gasteiger partial charge in [0.25, 0.3) is 0 Å². The van der Waals surface area contributed by atoms with Crippen molar-refractivity contribution in [3.05, 3.63) is 94.0 Å². The van der Waals surface area contributed by atoms with Crippen LogP contribution in [-0.4, -0.2) is 20.4 Å². The van der Waals surface area contributed by atoms with Crippen LogP contribution in [0.3, 0.4) is 0 Å². The van der Waals surface area contributed by atoms with Crippen molar-refractivity contribution < 1.29 is 20.4 Å². The second-order valence-electron chi connectivity index (χ2n) is 8.03. The van der Waals surface area contributed by atoms with Crippen LogP contribution in [-0.2, 0) is 24.4 Å². The zero-order valence-corrected chi connectivity index (χ0v) is 17.4. The molecule has 0 aliphatic heterocycles. The number of aliphatic hydroxyl groups is 4. The van der Waals surface area contributed by atoms with Crippen molar-refractivity contribution in [2.75, 3.05) is 0 Å². The summed E-state index contributed by atoms with van der Waals surface area (Å²) in [6.45, 7) is 3.50. The van der Waals surface area contributed by atoms with Gasteiger partial charge in [-0.05, 0) is 52.3 Å². The number of benzene rings is 3. The molecule has 3 aromatic rings. The van der Waals surface area contributed by atoms with Gasteiger partial charge in [0.05, 0.1) is 18.8 Å². The second kappa shape index (κ2) is 7.64. The van der Waals surface area contributed by atoms with E-state index in [0.717, 1.165) is 27.8 Å². The molecule has 0 amide bonds. The lowest BCUT2D eigenvalue weighted by atomic mass is 9.86. The Balaban J connectivity index is 1.94. The zero-order chi connectivity index (χ0) is 21.5. The summed E-state index contributed by atoms with van der Waals surface area (Å²) in [7, 11) is 0. The van der Waals surface area contributed by atoms with Crippen LogP contribution in [0.1, 0.15) is 60.1 Å². The van der Waals surface area contributed by atoms with Crippen molar-refractivity contribution in [2.24, 2.45) is 0 Å². The first-order valence-corrected chi connectivity index (χ1v) is 10.5. The predicted molar refractivity (Wildman–Crippen MR) is 117 cm³/mol. The van der Waals surface area contributed by atoms with Crippen molar-refractivity contribution in [2.45, 2.75) is 51.1 Å². The second-order valence-corrected chi connectivity index (χ2v) is 8.03. The van der Waals surface area contributed by atoms with Crippen molar-refractivity contribution in [1.29, 1.82) is 0 Å². The largest absolute Gasteiger partial charge is 0.392 e. The maximum absolute atomic E-state index is 11.9. The molecule has 4 rings (SSSR count). The van der Waals surface area contributed by atoms with Crippen LogP contribution >= 0.6 is 0 Å². The third kappa shape index (κ3) is 2.99. The smallest absolute Gasteiger partial charge is 0.142 e. The fraction of sp³-hybridized carbons (Fsp3) is 0.308. The molecule has 3 aromatic carbocycles. The van der Waals surface area contributed by atoms with Crippen LogP contribution in [0.2, 0.25) is 0 Å². The van der Waals surface area contributed by atoms with Crippen LogP contribution in [0.5, 0.6) is 0 Å². The van der Waals surface area contributed by atoms with Gasteiger partial charge in [-0.3, -0.25) is 0 Å². The van der Waals surface area contributed by atoms with E-state index in [2.05, 4.69) is 0 Å². The Kier molecular flexibility index (Phi) is 5.28. The predicted octanol–water partition coefficient (Wildman–Crippen LogP) is 3.94. The molecule has 4 N–H and O–H groups in total. The first-order valence-electron chi connectivity index (χ1n) is 10.5. The Morgan fingerprint density at radius 3 is 2.07 bits per heavy atom. The molecule has 0 radical (unpaired) electrons. The highest BCUT2D eigenvalue weighted by Gasteiger charge is 2.56. The van der Waals surface area contributed by atoms with E-state index in [1.165, 1.54) is 0 Å². The maximum atomic E-state index is 11.9. The minimum Gasteiger partial charge on any atom is -0.392 e. The molecule has 0 saturated carbocycles.